The van der Waals surface area contributed by atoms with E-state index in [4.69, 9.17) is 9.47 Å². The number of hydrogen-bond acceptors (Lipinski definition) is 6. The topological polar surface area (TPSA) is 55.8 Å². The predicted octanol–water partition coefficient (Wildman–Crippen LogP) is 1.55. The van der Waals surface area contributed by atoms with Gasteiger partial charge in [0.25, 0.3) is 0 Å². The van der Waals surface area contributed by atoms with Crippen molar-refractivity contribution in [3.05, 3.63) is 0 Å². The molecule has 5 unspecified atom stereocenters. The summed E-state index contributed by atoms with van der Waals surface area (Å²) in [4.78, 5) is 26.6. The minimum Gasteiger partial charge on any atom is -0.461 e. The van der Waals surface area contributed by atoms with Gasteiger partial charge in [0.2, 0.25) is 0 Å². The molecule has 4 fully saturated rings. The molecule has 2 aliphatic heterocycles. The second kappa shape index (κ2) is 5.66. The molecule has 6 heteroatoms. The molecule has 4 aliphatic rings. The first-order chi connectivity index (χ1) is 11.0. The number of fused-ring (bicyclic) bond motifs is 5. The zero-order chi connectivity index (χ0) is 16.2. The van der Waals surface area contributed by atoms with E-state index in [0.717, 1.165) is 37.4 Å². The SMILES string of the molecule is CC1(C)OC(=O)C2C3CC(OC(=O)CN4CCSCC4)C(C3)C21. The van der Waals surface area contributed by atoms with Crippen molar-refractivity contribution in [2.45, 2.75) is 38.4 Å². The molecule has 0 spiro atoms. The highest BCUT2D eigenvalue weighted by atomic mass is 32.2. The third kappa shape index (κ3) is 2.68. The smallest absolute Gasteiger partial charge is 0.320 e. The molecule has 0 radical (unpaired) electrons. The Morgan fingerprint density at radius 3 is 2.83 bits per heavy atom. The van der Waals surface area contributed by atoms with Crippen LogP contribution in [-0.2, 0) is 19.1 Å². The van der Waals surface area contributed by atoms with E-state index in [2.05, 4.69) is 4.90 Å². The summed E-state index contributed by atoms with van der Waals surface area (Å²) in [5, 5.41) is 0. The molecule has 0 N–H and O–H groups in total. The fourth-order valence-corrected chi connectivity index (χ4v) is 6.25. The van der Waals surface area contributed by atoms with Crippen molar-refractivity contribution in [3.63, 3.8) is 0 Å². The molecule has 5 nitrogen and oxygen atoms in total. The molecule has 0 aromatic rings. The van der Waals surface area contributed by atoms with Gasteiger partial charge in [0, 0.05) is 36.4 Å². The second-order valence-electron chi connectivity index (χ2n) is 7.89. The number of cyclic esters (lactones) is 1. The molecule has 2 saturated carbocycles. The average Bonchev–Trinajstić information content (AvgIpc) is 3.11. The number of carbonyl (C=O) groups is 2. The first-order valence-corrected chi connectivity index (χ1v) is 9.83. The summed E-state index contributed by atoms with van der Waals surface area (Å²) in [5.41, 5.74) is -0.420. The van der Waals surface area contributed by atoms with Gasteiger partial charge in [-0.2, -0.15) is 11.8 Å². The molecule has 2 heterocycles. The van der Waals surface area contributed by atoms with Crippen LogP contribution in [0.1, 0.15) is 26.7 Å². The van der Waals surface area contributed by atoms with E-state index in [1.165, 1.54) is 0 Å². The van der Waals surface area contributed by atoms with Gasteiger partial charge >= 0.3 is 11.9 Å². The van der Waals surface area contributed by atoms with E-state index >= 15 is 0 Å². The molecule has 0 aromatic carbocycles. The van der Waals surface area contributed by atoms with E-state index in [1.54, 1.807) is 0 Å². The summed E-state index contributed by atoms with van der Waals surface area (Å²) in [5.74, 6) is 2.91. The third-order valence-corrected chi connectivity index (χ3v) is 7.06. The van der Waals surface area contributed by atoms with Crippen LogP contribution in [0.15, 0.2) is 0 Å². The fourth-order valence-electron chi connectivity index (χ4n) is 5.27. The van der Waals surface area contributed by atoms with Gasteiger partial charge in [-0.3, -0.25) is 14.5 Å². The Morgan fingerprint density at radius 2 is 2.09 bits per heavy atom. The van der Waals surface area contributed by atoms with Gasteiger partial charge in [0.15, 0.2) is 0 Å². The summed E-state index contributed by atoms with van der Waals surface area (Å²) < 4.78 is 11.4. The summed E-state index contributed by atoms with van der Waals surface area (Å²) in [6, 6.07) is 0. The van der Waals surface area contributed by atoms with Crippen molar-refractivity contribution in [3.8, 4) is 0 Å². The zero-order valence-corrected chi connectivity index (χ0v) is 14.6. The van der Waals surface area contributed by atoms with Crippen LogP contribution in [0.4, 0.5) is 0 Å². The van der Waals surface area contributed by atoms with E-state index in [9.17, 15) is 9.59 Å². The Kier molecular flexibility index (Phi) is 3.88. The summed E-state index contributed by atoms with van der Waals surface area (Å²) in [6.07, 6.45) is 1.81. The largest absolute Gasteiger partial charge is 0.461 e. The Labute approximate surface area is 141 Å². The van der Waals surface area contributed by atoms with Crippen LogP contribution in [0.5, 0.6) is 0 Å². The third-order valence-electron chi connectivity index (χ3n) is 6.12. The first kappa shape index (κ1) is 15.8. The van der Waals surface area contributed by atoms with E-state index < -0.39 is 5.60 Å². The summed E-state index contributed by atoms with van der Waals surface area (Å²) in [6.45, 7) is 6.34. The highest BCUT2D eigenvalue weighted by Crippen LogP contribution is 2.60. The number of carbonyl (C=O) groups excluding carboxylic acids is 2. The second-order valence-corrected chi connectivity index (χ2v) is 9.11. The van der Waals surface area contributed by atoms with Crippen molar-refractivity contribution in [2.75, 3.05) is 31.1 Å². The maximum Gasteiger partial charge on any atom is 0.320 e. The number of hydrogen-bond donors (Lipinski definition) is 0. The lowest BCUT2D eigenvalue weighted by Gasteiger charge is -2.35. The molecule has 2 saturated heterocycles. The molecule has 128 valence electrons. The normalized spacial score (nSPS) is 41.7. The molecule has 2 aliphatic carbocycles. The summed E-state index contributed by atoms with van der Waals surface area (Å²) >= 11 is 1.94. The molecular weight excluding hydrogens is 314 g/mol. The number of nitrogens with zero attached hydrogens (tertiary/aromatic N) is 1. The van der Waals surface area contributed by atoms with Gasteiger partial charge in [-0.1, -0.05) is 0 Å². The van der Waals surface area contributed by atoms with Crippen molar-refractivity contribution < 1.29 is 19.1 Å². The Balaban J connectivity index is 1.38. The maximum absolute atomic E-state index is 12.3. The standard InChI is InChI=1S/C17H25NO4S/c1-17(2)15-11-7-10(14(15)16(20)22-17)8-12(11)21-13(19)9-18-3-5-23-6-4-18/h10-12,14-15H,3-9H2,1-2H3. The summed E-state index contributed by atoms with van der Waals surface area (Å²) in [7, 11) is 0. The minimum absolute atomic E-state index is 0.0262. The van der Waals surface area contributed by atoms with Crippen molar-refractivity contribution in [2.24, 2.45) is 23.7 Å². The van der Waals surface area contributed by atoms with Crippen molar-refractivity contribution >= 4 is 23.7 Å². The highest BCUT2D eigenvalue weighted by molar-refractivity contribution is 7.99. The Hall–Kier alpha value is -0.750. The molecule has 0 aromatic heterocycles. The van der Waals surface area contributed by atoms with Crippen LogP contribution < -0.4 is 0 Å². The van der Waals surface area contributed by atoms with Crippen LogP contribution >= 0.6 is 11.8 Å². The number of esters is 2. The van der Waals surface area contributed by atoms with Crippen molar-refractivity contribution in [1.82, 2.24) is 4.90 Å². The lowest BCUT2D eigenvalue weighted by Crippen LogP contribution is -2.43. The van der Waals surface area contributed by atoms with Crippen LogP contribution in [0, 0.1) is 23.7 Å². The van der Waals surface area contributed by atoms with Gasteiger partial charge in [-0.25, -0.2) is 0 Å². The van der Waals surface area contributed by atoms with Crippen molar-refractivity contribution in [1.29, 1.82) is 0 Å². The fraction of sp³-hybridized carbons (Fsp3) is 0.882. The van der Waals surface area contributed by atoms with Crippen LogP contribution in [0.25, 0.3) is 0 Å². The highest BCUT2D eigenvalue weighted by Gasteiger charge is 2.66. The van der Waals surface area contributed by atoms with Crippen LogP contribution in [-0.4, -0.2) is 59.7 Å². The van der Waals surface area contributed by atoms with Crippen LogP contribution in [0.2, 0.25) is 0 Å². The number of thioether (sulfide) groups is 1. The molecule has 4 rings (SSSR count). The Morgan fingerprint density at radius 1 is 1.35 bits per heavy atom. The lowest BCUT2D eigenvalue weighted by atomic mass is 9.72. The van der Waals surface area contributed by atoms with E-state index in [-0.39, 0.29) is 35.8 Å². The molecule has 5 atom stereocenters. The van der Waals surface area contributed by atoms with E-state index in [1.807, 2.05) is 25.6 Å². The Bertz CT molecular complexity index is 517. The van der Waals surface area contributed by atoms with Crippen LogP contribution in [0.3, 0.4) is 0 Å². The minimum atomic E-state index is -0.420. The molecule has 0 amide bonds. The zero-order valence-electron chi connectivity index (χ0n) is 13.8. The predicted molar refractivity (Wildman–Crippen MR) is 87.0 cm³/mol. The first-order valence-electron chi connectivity index (χ1n) is 8.68. The van der Waals surface area contributed by atoms with E-state index in [0.29, 0.717) is 12.5 Å². The quantitative estimate of drug-likeness (QED) is 0.727. The molecule has 23 heavy (non-hydrogen) atoms. The van der Waals surface area contributed by atoms with Gasteiger partial charge in [0.1, 0.15) is 11.7 Å². The maximum atomic E-state index is 12.3. The van der Waals surface area contributed by atoms with Gasteiger partial charge < -0.3 is 9.47 Å². The number of rotatable bonds is 3. The molecule has 2 bridgehead atoms. The lowest BCUT2D eigenvalue weighted by molar-refractivity contribution is -0.156. The van der Waals surface area contributed by atoms with Gasteiger partial charge in [-0.05, 0) is 32.6 Å². The number of ether oxygens (including phenoxy) is 2. The monoisotopic (exact) mass is 339 g/mol. The van der Waals surface area contributed by atoms with Gasteiger partial charge in [0.05, 0.1) is 12.5 Å². The average molecular weight is 339 g/mol. The molecular formula is C17H25NO4S. The van der Waals surface area contributed by atoms with Gasteiger partial charge in [-0.15, -0.1) is 0 Å².